The Bertz CT molecular complexity index is 916. The Morgan fingerprint density at radius 2 is 1.56 bits per heavy atom. The van der Waals surface area contributed by atoms with E-state index in [0.717, 1.165) is 18.6 Å². The summed E-state index contributed by atoms with van der Waals surface area (Å²) >= 11 is 0. The topological polar surface area (TPSA) is 69.2 Å². The van der Waals surface area contributed by atoms with Gasteiger partial charge >= 0.3 is 6.09 Å². The zero-order valence-corrected chi connectivity index (χ0v) is 22.3. The first-order chi connectivity index (χ1) is 16.0. The third-order valence-corrected chi connectivity index (χ3v) is 10.9. The Morgan fingerprint density at radius 3 is 2.00 bits per heavy atom. The Kier molecular flexibility index (Phi) is 8.33. The van der Waals surface area contributed by atoms with Gasteiger partial charge in [-0.25, -0.2) is 10.2 Å². The van der Waals surface area contributed by atoms with Gasteiger partial charge < -0.3 is 13.9 Å². The summed E-state index contributed by atoms with van der Waals surface area (Å²) in [5.41, 5.74) is 2.71. The largest absolute Gasteiger partial charge is 0.443 e. The Hall–Kier alpha value is -2.48. The predicted octanol–water partition coefficient (Wildman–Crippen LogP) is 4.62. The summed E-state index contributed by atoms with van der Waals surface area (Å²) < 4.78 is 18.3. The van der Waals surface area contributed by atoms with Crippen molar-refractivity contribution in [2.75, 3.05) is 13.2 Å². The third-order valence-electron chi connectivity index (χ3n) is 5.85. The van der Waals surface area contributed by atoms with Crippen molar-refractivity contribution in [1.82, 2.24) is 5.43 Å². The van der Waals surface area contributed by atoms with Gasteiger partial charge in [0.25, 0.3) is 8.32 Å². The SMILES string of the molecule is CC(C)(C)OC(=O)NN=C1CCC(CO[Si](c2ccccc2)(c2ccccc2)C(C)(C)C)OC1. The van der Waals surface area contributed by atoms with Gasteiger partial charge in [-0.15, -0.1) is 0 Å². The van der Waals surface area contributed by atoms with Crippen molar-refractivity contribution in [1.29, 1.82) is 0 Å². The molecule has 1 atom stereocenters. The molecule has 1 aliphatic heterocycles. The van der Waals surface area contributed by atoms with Gasteiger partial charge in [0.15, 0.2) is 0 Å². The molecule has 0 spiro atoms. The van der Waals surface area contributed by atoms with Crippen LogP contribution in [0, 0.1) is 0 Å². The molecule has 1 aliphatic rings. The molecule has 1 saturated heterocycles. The molecule has 2 aromatic rings. The maximum atomic E-state index is 11.8. The summed E-state index contributed by atoms with van der Waals surface area (Å²) in [6.07, 6.45) is 0.941. The molecule has 0 bridgehead atoms. The summed E-state index contributed by atoms with van der Waals surface area (Å²) in [5, 5.41) is 6.62. The first-order valence-corrected chi connectivity index (χ1v) is 13.8. The van der Waals surface area contributed by atoms with Crippen molar-refractivity contribution in [2.24, 2.45) is 5.10 Å². The number of hydrogen-bond donors (Lipinski definition) is 1. The summed E-state index contributed by atoms with van der Waals surface area (Å²) in [7, 11) is -2.59. The zero-order valence-electron chi connectivity index (χ0n) is 21.3. The lowest BCUT2D eigenvalue weighted by Crippen LogP contribution is -2.67. The molecule has 1 N–H and O–H groups in total. The highest BCUT2D eigenvalue weighted by molar-refractivity contribution is 6.99. The van der Waals surface area contributed by atoms with Crippen LogP contribution in [0.3, 0.4) is 0 Å². The second-order valence-electron chi connectivity index (χ2n) is 10.7. The lowest BCUT2D eigenvalue weighted by molar-refractivity contribution is 0.0231. The minimum atomic E-state index is -2.59. The number of benzene rings is 2. The van der Waals surface area contributed by atoms with E-state index in [1.54, 1.807) is 0 Å². The lowest BCUT2D eigenvalue weighted by Gasteiger charge is -2.44. The van der Waals surface area contributed by atoms with Gasteiger partial charge in [0.05, 0.1) is 25.0 Å². The molecule has 0 radical (unpaired) electrons. The van der Waals surface area contributed by atoms with Crippen LogP contribution in [0.1, 0.15) is 54.4 Å². The first kappa shape index (κ1) is 26.1. The van der Waals surface area contributed by atoms with Crippen molar-refractivity contribution < 1.29 is 18.7 Å². The van der Waals surface area contributed by atoms with Gasteiger partial charge in [-0.3, -0.25) is 0 Å². The highest BCUT2D eigenvalue weighted by Gasteiger charge is 2.50. The van der Waals surface area contributed by atoms with Crippen molar-refractivity contribution in [3.8, 4) is 0 Å². The number of nitrogens with zero attached hydrogens (tertiary/aromatic N) is 1. The second kappa shape index (κ2) is 10.8. The minimum absolute atomic E-state index is 0.0258. The fraction of sp³-hybridized carbons (Fsp3) is 0.481. The minimum Gasteiger partial charge on any atom is -0.443 e. The molecule has 7 heteroatoms. The summed E-state index contributed by atoms with van der Waals surface area (Å²) in [4.78, 5) is 11.8. The fourth-order valence-electron chi connectivity index (χ4n) is 4.32. The molecule has 1 heterocycles. The van der Waals surface area contributed by atoms with Crippen LogP contribution in [0.5, 0.6) is 0 Å². The molecule has 1 amide bonds. The average Bonchev–Trinajstić information content (AvgIpc) is 2.78. The molecular formula is C27H38N2O4Si. The van der Waals surface area contributed by atoms with Gasteiger partial charge in [-0.05, 0) is 49.0 Å². The number of ether oxygens (including phenoxy) is 2. The maximum absolute atomic E-state index is 11.8. The standard InChI is InChI=1S/C27H38N2O4Si/c1-26(2,3)33-25(30)29-28-21-17-18-22(31-19-21)20-32-34(27(4,5)6,23-13-9-7-10-14-23)24-15-11-8-12-16-24/h7-16,22H,17-20H2,1-6H3,(H,29,30). The number of hydrazone groups is 1. The smallest absolute Gasteiger partial charge is 0.428 e. The molecule has 1 unspecified atom stereocenters. The molecule has 184 valence electrons. The predicted molar refractivity (Wildman–Crippen MR) is 139 cm³/mol. The van der Waals surface area contributed by atoms with E-state index in [-0.39, 0.29) is 11.1 Å². The fourth-order valence-corrected chi connectivity index (χ4v) is 8.91. The maximum Gasteiger partial charge on any atom is 0.428 e. The van der Waals surface area contributed by atoms with Crippen molar-refractivity contribution in [3.63, 3.8) is 0 Å². The average molecular weight is 483 g/mol. The molecule has 0 aliphatic carbocycles. The zero-order chi connectivity index (χ0) is 24.8. The number of carbonyl (C=O) groups excluding carboxylic acids is 1. The van der Waals surface area contributed by atoms with Crippen LogP contribution in [0.15, 0.2) is 65.8 Å². The molecule has 34 heavy (non-hydrogen) atoms. The summed E-state index contributed by atoms with van der Waals surface area (Å²) in [5.74, 6) is 0. The van der Waals surface area contributed by atoms with Crippen molar-refractivity contribution in [2.45, 2.75) is 71.1 Å². The van der Waals surface area contributed by atoms with E-state index >= 15 is 0 Å². The van der Waals surface area contributed by atoms with Crippen molar-refractivity contribution in [3.05, 3.63) is 60.7 Å². The second-order valence-corrected chi connectivity index (χ2v) is 15.0. The molecule has 1 fully saturated rings. The quantitative estimate of drug-likeness (QED) is 0.482. The van der Waals surface area contributed by atoms with Crippen LogP contribution >= 0.6 is 0 Å². The van der Waals surface area contributed by atoms with E-state index in [1.165, 1.54) is 10.4 Å². The number of rotatable bonds is 6. The van der Waals surface area contributed by atoms with Crippen LogP contribution in [0.2, 0.25) is 5.04 Å². The van der Waals surface area contributed by atoms with E-state index < -0.39 is 20.0 Å². The summed E-state index contributed by atoms with van der Waals surface area (Å²) in [6, 6.07) is 21.2. The van der Waals surface area contributed by atoms with Gasteiger partial charge in [-0.2, -0.15) is 5.10 Å². The number of amides is 1. The third kappa shape index (κ3) is 6.55. The van der Waals surface area contributed by atoms with Gasteiger partial charge in [0.1, 0.15) is 5.60 Å². The summed E-state index contributed by atoms with van der Waals surface area (Å²) in [6.45, 7) is 13.2. The Balaban J connectivity index is 1.71. The normalized spacial score (nSPS) is 18.5. The van der Waals surface area contributed by atoms with Crippen LogP contribution in [0.4, 0.5) is 4.79 Å². The van der Waals surface area contributed by atoms with E-state index in [2.05, 4.69) is 79.8 Å². The lowest BCUT2D eigenvalue weighted by atomic mass is 10.1. The van der Waals surface area contributed by atoms with Crippen LogP contribution in [-0.4, -0.2) is 45.0 Å². The molecule has 0 aromatic heterocycles. The monoisotopic (exact) mass is 482 g/mol. The highest BCUT2D eigenvalue weighted by Crippen LogP contribution is 2.37. The van der Waals surface area contributed by atoms with E-state index in [4.69, 9.17) is 13.9 Å². The van der Waals surface area contributed by atoms with E-state index in [9.17, 15) is 4.79 Å². The first-order valence-electron chi connectivity index (χ1n) is 11.9. The number of carbonyl (C=O) groups is 1. The van der Waals surface area contributed by atoms with E-state index in [0.29, 0.717) is 13.2 Å². The van der Waals surface area contributed by atoms with Crippen LogP contribution < -0.4 is 15.8 Å². The number of nitrogens with one attached hydrogen (secondary N) is 1. The molecule has 2 aromatic carbocycles. The van der Waals surface area contributed by atoms with Crippen LogP contribution in [0.25, 0.3) is 0 Å². The molecule has 3 rings (SSSR count). The molecule has 0 saturated carbocycles. The van der Waals surface area contributed by atoms with Gasteiger partial charge in [-0.1, -0.05) is 81.4 Å². The number of hydrogen-bond acceptors (Lipinski definition) is 5. The van der Waals surface area contributed by atoms with E-state index in [1.807, 2.05) is 32.9 Å². The molecule has 6 nitrogen and oxygen atoms in total. The Labute approximate surface area is 204 Å². The van der Waals surface area contributed by atoms with Gasteiger partial charge in [0.2, 0.25) is 0 Å². The highest BCUT2D eigenvalue weighted by atomic mass is 28.4. The van der Waals surface area contributed by atoms with Gasteiger partial charge in [0, 0.05) is 0 Å². The molecular weight excluding hydrogens is 444 g/mol. The van der Waals surface area contributed by atoms with Crippen LogP contribution in [-0.2, 0) is 13.9 Å². The van der Waals surface area contributed by atoms with Crippen molar-refractivity contribution >= 4 is 30.5 Å². The Morgan fingerprint density at radius 1 is 1.00 bits per heavy atom.